The van der Waals surface area contributed by atoms with E-state index in [1.165, 1.54) is 45.1 Å². The fraction of sp³-hybridized carbons (Fsp3) is 1.00. The van der Waals surface area contributed by atoms with Gasteiger partial charge in [0.05, 0.1) is 0 Å². The molecule has 0 aromatic heterocycles. The molecule has 1 nitrogen and oxygen atoms in total. The highest BCUT2D eigenvalue weighted by Crippen LogP contribution is 2.27. The maximum Gasteiger partial charge on any atom is 0.0128 e. The van der Waals surface area contributed by atoms with E-state index in [0.717, 1.165) is 11.8 Å². The van der Waals surface area contributed by atoms with Crippen molar-refractivity contribution in [3.05, 3.63) is 0 Å². The fourth-order valence-corrected chi connectivity index (χ4v) is 2.65. The first-order valence-corrected chi connectivity index (χ1v) is 6.74. The minimum absolute atomic E-state index is 0.405. The Morgan fingerprint density at radius 3 is 2.47 bits per heavy atom. The lowest BCUT2D eigenvalue weighted by Crippen LogP contribution is -2.31. The molecule has 0 spiro atoms. The van der Waals surface area contributed by atoms with Crippen molar-refractivity contribution in [1.82, 2.24) is 5.32 Å². The topological polar surface area (TPSA) is 12.0 Å². The highest BCUT2D eigenvalue weighted by atomic mass is 15.0. The molecule has 15 heavy (non-hydrogen) atoms. The van der Waals surface area contributed by atoms with Crippen molar-refractivity contribution in [2.75, 3.05) is 6.54 Å². The number of hydrogen-bond acceptors (Lipinski definition) is 1. The SMILES string of the molecule is CC(C)CCCCCC1CNC(C)(C)C1. The molecule has 1 N–H and O–H groups in total. The molecule has 1 atom stereocenters. The van der Waals surface area contributed by atoms with Crippen LogP contribution in [-0.2, 0) is 0 Å². The third-order valence-electron chi connectivity index (χ3n) is 3.56. The minimum Gasteiger partial charge on any atom is -0.312 e. The molecule has 0 amide bonds. The van der Waals surface area contributed by atoms with Crippen LogP contribution in [-0.4, -0.2) is 12.1 Å². The van der Waals surface area contributed by atoms with Crippen LogP contribution < -0.4 is 5.32 Å². The van der Waals surface area contributed by atoms with Crippen LogP contribution >= 0.6 is 0 Å². The molecule has 0 aliphatic carbocycles. The molecule has 1 aliphatic rings. The standard InChI is InChI=1S/C14H29N/c1-12(2)8-6-5-7-9-13-10-14(3,4)15-11-13/h12-13,15H,5-11H2,1-4H3. The van der Waals surface area contributed by atoms with Gasteiger partial charge in [-0.05, 0) is 45.1 Å². The van der Waals surface area contributed by atoms with E-state index in [-0.39, 0.29) is 0 Å². The van der Waals surface area contributed by atoms with Crippen molar-refractivity contribution in [3.63, 3.8) is 0 Å². The van der Waals surface area contributed by atoms with Crippen molar-refractivity contribution < 1.29 is 0 Å². The Hall–Kier alpha value is -0.0400. The van der Waals surface area contributed by atoms with Gasteiger partial charge in [-0.3, -0.25) is 0 Å². The van der Waals surface area contributed by atoms with E-state index in [2.05, 4.69) is 33.0 Å². The molecule has 0 aromatic rings. The molecule has 90 valence electrons. The number of hydrogen-bond donors (Lipinski definition) is 1. The third-order valence-corrected chi connectivity index (χ3v) is 3.56. The van der Waals surface area contributed by atoms with Gasteiger partial charge in [-0.1, -0.05) is 39.5 Å². The van der Waals surface area contributed by atoms with E-state index in [9.17, 15) is 0 Å². The van der Waals surface area contributed by atoms with Crippen molar-refractivity contribution >= 4 is 0 Å². The second-order valence-electron chi connectivity index (χ2n) is 6.37. The van der Waals surface area contributed by atoms with Crippen LogP contribution in [0.3, 0.4) is 0 Å². The van der Waals surface area contributed by atoms with E-state index in [0.29, 0.717) is 5.54 Å². The Balaban J connectivity index is 1.97. The summed E-state index contributed by atoms with van der Waals surface area (Å²) in [4.78, 5) is 0. The van der Waals surface area contributed by atoms with Gasteiger partial charge in [0.15, 0.2) is 0 Å². The third kappa shape index (κ3) is 5.55. The predicted molar refractivity (Wildman–Crippen MR) is 68.1 cm³/mol. The Bertz CT molecular complexity index is 172. The molecule has 1 aliphatic heterocycles. The summed E-state index contributed by atoms with van der Waals surface area (Å²) in [6, 6.07) is 0. The summed E-state index contributed by atoms with van der Waals surface area (Å²) in [6.45, 7) is 10.5. The quantitative estimate of drug-likeness (QED) is 0.655. The van der Waals surface area contributed by atoms with Crippen molar-refractivity contribution in [3.8, 4) is 0 Å². The van der Waals surface area contributed by atoms with Crippen molar-refractivity contribution in [2.24, 2.45) is 11.8 Å². The summed E-state index contributed by atoms with van der Waals surface area (Å²) >= 11 is 0. The Kier molecular flexibility index (Phi) is 5.11. The van der Waals surface area contributed by atoms with Gasteiger partial charge in [0.25, 0.3) is 0 Å². The van der Waals surface area contributed by atoms with Gasteiger partial charge in [-0.25, -0.2) is 0 Å². The van der Waals surface area contributed by atoms with Crippen LogP contribution in [0, 0.1) is 11.8 Å². The Morgan fingerprint density at radius 1 is 1.20 bits per heavy atom. The molecular formula is C14H29N. The molecule has 0 bridgehead atoms. The van der Waals surface area contributed by atoms with Gasteiger partial charge in [0.1, 0.15) is 0 Å². The van der Waals surface area contributed by atoms with Crippen LogP contribution in [0.25, 0.3) is 0 Å². The zero-order valence-corrected chi connectivity index (χ0v) is 11.1. The molecule has 0 radical (unpaired) electrons. The maximum atomic E-state index is 3.61. The highest BCUT2D eigenvalue weighted by Gasteiger charge is 2.29. The van der Waals surface area contributed by atoms with Gasteiger partial charge >= 0.3 is 0 Å². The molecular weight excluding hydrogens is 182 g/mol. The summed E-state index contributed by atoms with van der Waals surface area (Å²) in [6.07, 6.45) is 8.53. The lowest BCUT2D eigenvalue weighted by molar-refractivity contribution is 0.420. The van der Waals surface area contributed by atoms with Crippen LogP contribution in [0.1, 0.15) is 66.2 Å². The van der Waals surface area contributed by atoms with E-state index < -0.39 is 0 Å². The lowest BCUT2D eigenvalue weighted by atomic mass is 9.92. The summed E-state index contributed by atoms with van der Waals surface area (Å²) in [5.74, 6) is 1.83. The zero-order chi connectivity index (χ0) is 11.3. The average Bonchev–Trinajstić information content (AvgIpc) is 2.44. The molecule has 0 aromatic carbocycles. The molecule has 1 unspecified atom stereocenters. The normalized spacial score (nSPS) is 25.0. The van der Waals surface area contributed by atoms with E-state index in [1.54, 1.807) is 0 Å². The first-order chi connectivity index (χ1) is 6.99. The van der Waals surface area contributed by atoms with Gasteiger partial charge in [0.2, 0.25) is 0 Å². The smallest absolute Gasteiger partial charge is 0.0128 e. The van der Waals surface area contributed by atoms with Gasteiger partial charge < -0.3 is 5.32 Å². The molecule has 1 rings (SSSR count). The van der Waals surface area contributed by atoms with Crippen LogP contribution in [0.4, 0.5) is 0 Å². The monoisotopic (exact) mass is 211 g/mol. The summed E-state index contributed by atoms with van der Waals surface area (Å²) < 4.78 is 0. The average molecular weight is 211 g/mol. The number of nitrogens with one attached hydrogen (secondary N) is 1. The van der Waals surface area contributed by atoms with E-state index >= 15 is 0 Å². The van der Waals surface area contributed by atoms with Gasteiger partial charge in [-0.2, -0.15) is 0 Å². The van der Waals surface area contributed by atoms with E-state index in [1.807, 2.05) is 0 Å². The van der Waals surface area contributed by atoms with Gasteiger partial charge in [0, 0.05) is 5.54 Å². The van der Waals surface area contributed by atoms with Crippen LogP contribution in [0.15, 0.2) is 0 Å². The fourth-order valence-electron chi connectivity index (χ4n) is 2.65. The van der Waals surface area contributed by atoms with Crippen molar-refractivity contribution in [1.29, 1.82) is 0 Å². The summed E-state index contributed by atoms with van der Waals surface area (Å²) in [5.41, 5.74) is 0.405. The largest absolute Gasteiger partial charge is 0.312 e. The van der Waals surface area contributed by atoms with Crippen LogP contribution in [0.5, 0.6) is 0 Å². The second-order valence-corrected chi connectivity index (χ2v) is 6.37. The Morgan fingerprint density at radius 2 is 1.93 bits per heavy atom. The van der Waals surface area contributed by atoms with Crippen molar-refractivity contribution in [2.45, 2.75) is 71.8 Å². The molecule has 0 saturated carbocycles. The zero-order valence-electron chi connectivity index (χ0n) is 11.1. The molecule has 1 heteroatoms. The number of unbranched alkanes of at least 4 members (excludes halogenated alkanes) is 2. The Labute approximate surface area is 96.0 Å². The summed E-state index contributed by atoms with van der Waals surface area (Å²) in [5, 5.41) is 3.61. The first kappa shape index (κ1) is 13.0. The molecule has 1 saturated heterocycles. The maximum absolute atomic E-state index is 3.61. The van der Waals surface area contributed by atoms with E-state index in [4.69, 9.17) is 0 Å². The lowest BCUT2D eigenvalue weighted by Gasteiger charge is -2.17. The first-order valence-electron chi connectivity index (χ1n) is 6.74. The predicted octanol–water partition coefficient (Wildman–Crippen LogP) is 3.98. The minimum atomic E-state index is 0.405. The summed E-state index contributed by atoms with van der Waals surface area (Å²) in [7, 11) is 0. The second kappa shape index (κ2) is 5.89. The molecule has 1 fully saturated rings. The highest BCUT2D eigenvalue weighted by molar-refractivity contribution is 4.88. The molecule has 1 heterocycles. The van der Waals surface area contributed by atoms with Gasteiger partial charge in [-0.15, -0.1) is 0 Å². The number of rotatable bonds is 6. The van der Waals surface area contributed by atoms with Crippen LogP contribution in [0.2, 0.25) is 0 Å².